The Morgan fingerprint density at radius 1 is 1.48 bits per heavy atom. The maximum absolute atomic E-state index is 10.9. The normalized spacial score (nSPS) is 13.2. The molecule has 0 heterocycles. The summed E-state index contributed by atoms with van der Waals surface area (Å²) in [7, 11) is 0. The van der Waals surface area contributed by atoms with E-state index in [0.717, 1.165) is 13.0 Å². The monoisotopic (exact) mass is 291 g/mol. The lowest BCUT2D eigenvalue weighted by Gasteiger charge is -2.22. The third kappa shape index (κ3) is 5.40. The van der Waals surface area contributed by atoms with Crippen molar-refractivity contribution in [3.63, 3.8) is 0 Å². The number of nitro groups is 1. The first-order chi connectivity index (χ1) is 10.0. The Balaban J connectivity index is 2.47. The molecule has 1 unspecified atom stereocenters. The summed E-state index contributed by atoms with van der Waals surface area (Å²) in [6, 6.07) is 8.56. The number of nitrogens with one attached hydrogen (secondary N) is 1. The molecule has 1 N–H and O–H groups in total. The van der Waals surface area contributed by atoms with E-state index in [1.54, 1.807) is 18.2 Å². The highest BCUT2D eigenvalue weighted by Crippen LogP contribution is 2.26. The van der Waals surface area contributed by atoms with Crippen LogP contribution in [0.2, 0.25) is 0 Å². The van der Waals surface area contributed by atoms with Gasteiger partial charge in [-0.25, -0.2) is 0 Å². The summed E-state index contributed by atoms with van der Waals surface area (Å²) in [5.74, 6) is 0.266. The number of hydrogen-bond donors (Lipinski definition) is 1. The van der Waals surface area contributed by atoms with Crippen molar-refractivity contribution in [3.05, 3.63) is 34.4 Å². The first-order valence-electron chi connectivity index (χ1n) is 7.05. The predicted molar refractivity (Wildman–Crippen MR) is 80.1 cm³/mol. The average Bonchev–Trinajstić information content (AvgIpc) is 2.50. The van der Waals surface area contributed by atoms with Gasteiger partial charge in [0.1, 0.15) is 5.54 Å². The van der Waals surface area contributed by atoms with Gasteiger partial charge in [-0.15, -0.1) is 0 Å². The van der Waals surface area contributed by atoms with E-state index in [2.05, 4.69) is 11.4 Å². The van der Waals surface area contributed by atoms with Crippen molar-refractivity contribution < 1.29 is 9.66 Å². The number of para-hydroxylation sites is 2. The van der Waals surface area contributed by atoms with Gasteiger partial charge in [0.25, 0.3) is 0 Å². The Bertz CT molecular complexity index is 513. The highest BCUT2D eigenvalue weighted by Gasteiger charge is 2.22. The summed E-state index contributed by atoms with van der Waals surface area (Å²) in [4.78, 5) is 10.4. The summed E-state index contributed by atoms with van der Waals surface area (Å²) in [6.07, 6.45) is 2.24. The van der Waals surface area contributed by atoms with Gasteiger partial charge in [0.05, 0.1) is 17.6 Å². The minimum Gasteiger partial charge on any atom is -0.487 e. The first kappa shape index (κ1) is 16.9. The zero-order valence-corrected chi connectivity index (χ0v) is 12.5. The molecule has 0 bridgehead atoms. The summed E-state index contributed by atoms with van der Waals surface area (Å²) >= 11 is 0. The van der Waals surface area contributed by atoms with Gasteiger partial charge in [0.15, 0.2) is 5.75 Å². The molecule has 0 aliphatic carbocycles. The Morgan fingerprint density at radius 2 is 2.19 bits per heavy atom. The second-order valence-corrected chi connectivity index (χ2v) is 5.05. The minimum absolute atomic E-state index is 0.0374. The number of rotatable bonds is 9. The maximum atomic E-state index is 10.9. The minimum atomic E-state index is -0.581. The zero-order valence-electron chi connectivity index (χ0n) is 12.5. The number of ether oxygens (including phenoxy) is 1. The number of benzene rings is 1. The molecule has 21 heavy (non-hydrogen) atoms. The van der Waals surface area contributed by atoms with Crippen LogP contribution in [0, 0.1) is 21.4 Å². The van der Waals surface area contributed by atoms with Crippen LogP contribution in [0.5, 0.6) is 5.75 Å². The van der Waals surface area contributed by atoms with Gasteiger partial charge in [-0.05, 0) is 38.8 Å². The summed E-state index contributed by atoms with van der Waals surface area (Å²) < 4.78 is 5.46. The molecule has 0 aliphatic rings. The largest absolute Gasteiger partial charge is 0.487 e. The maximum Gasteiger partial charge on any atom is 0.310 e. The van der Waals surface area contributed by atoms with Gasteiger partial charge < -0.3 is 4.74 Å². The molecule has 1 rings (SSSR count). The highest BCUT2D eigenvalue weighted by atomic mass is 16.6. The second kappa shape index (κ2) is 8.22. The Hall–Kier alpha value is -2.13. The van der Waals surface area contributed by atoms with E-state index in [0.29, 0.717) is 19.4 Å². The molecule has 1 atom stereocenters. The van der Waals surface area contributed by atoms with Crippen molar-refractivity contribution in [1.82, 2.24) is 5.32 Å². The topological polar surface area (TPSA) is 88.2 Å². The van der Waals surface area contributed by atoms with Crippen molar-refractivity contribution in [2.75, 3.05) is 13.2 Å². The van der Waals surface area contributed by atoms with Gasteiger partial charge in [-0.1, -0.05) is 19.1 Å². The lowest BCUT2D eigenvalue weighted by Crippen LogP contribution is -2.41. The Labute approximate surface area is 124 Å². The SMILES string of the molecule is CCCNC(C)(C#N)CCCOc1ccccc1[N+](=O)[O-]. The first-order valence-corrected chi connectivity index (χ1v) is 7.05. The van der Waals surface area contributed by atoms with Crippen molar-refractivity contribution in [2.24, 2.45) is 0 Å². The lowest BCUT2D eigenvalue weighted by atomic mass is 9.98. The van der Waals surface area contributed by atoms with E-state index in [1.807, 2.05) is 13.8 Å². The summed E-state index contributed by atoms with van der Waals surface area (Å²) in [5, 5.41) is 23.3. The van der Waals surface area contributed by atoms with Crippen LogP contribution in [-0.4, -0.2) is 23.6 Å². The molecule has 6 heteroatoms. The van der Waals surface area contributed by atoms with E-state index in [1.165, 1.54) is 6.07 Å². The van der Waals surface area contributed by atoms with Gasteiger partial charge in [-0.3, -0.25) is 15.4 Å². The molecule has 0 saturated carbocycles. The Kier molecular flexibility index (Phi) is 6.63. The molecule has 0 aliphatic heterocycles. The molecule has 0 amide bonds. The predicted octanol–water partition coefficient (Wildman–Crippen LogP) is 3.04. The molecule has 6 nitrogen and oxygen atoms in total. The molecule has 0 fully saturated rings. The highest BCUT2D eigenvalue weighted by molar-refractivity contribution is 5.45. The molecule has 0 aromatic heterocycles. The molecule has 114 valence electrons. The van der Waals surface area contributed by atoms with Crippen molar-refractivity contribution in [2.45, 2.75) is 38.6 Å². The second-order valence-electron chi connectivity index (χ2n) is 5.05. The summed E-state index contributed by atoms with van der Waals surface area (Å²) in [5.41, 5.74) is -0.619. The molecular weight excluding hydrogens is 270 g/mol. The third-order valence-electron chi connectivity index (χ3n) is 3.15. The van der Waals surface area contributed by atoms with Gasteiger partial charge >= 0.3 is 5.69 Å². The van der Waals surface area contributed by atoms with Gasteiger partial charge in [0.2, 0.25) is 0 Å². The molecule has 0 saturated heterocycles. The third-order valence-corrected chi connectivity index (χ3v) is 3.15. The van der Waals surface area contributed by atoms with Crippen molar-refractivity contribution >= 4 is 5.69 Å². The number of nitrogens with zero attached hydrogens (tertiary/aromatic N) is 2. The van der Waals surface area contributed by atoms with Crippen LogP contribution in [0.25, 0.3) is 0 Å². The number of hydrogen-bond acceptors (Lipinski definition) is 5. The standard InChI is InChI=1S/C15H21N3O3/c1-3-10-17-15(2,12-16)9-6-11-21-14-8-5-4-7-13(14)18(19)20/h4-5,7-8,17H,3,6,9-11H2,1-2H3. The van der Waals surface area contributed by atoms with E-state index >= 15 is 0 Å². The molecule has 1 aromatic rings. The quantitative estimate of drug-likeness (QED) is 0.429. The fourth-order valence-corrected chi connectivity index (χ4v) is 1.92. The van der Waals surface area contributed by atoms with Crippen LogP contribution < -0.4 is 10.1 Å². The van der Waals surface area contributed by atoms with Crippen LogP contribution in [0.1, 0.15) is 33.1 Å². The van der Waals surface area contributed by atoms with Gasteiger partial charge in [-0.2, -0.15) is 5.26 Å². The number of nitro benzene ring substituents is 1. The van der Waals surface area contributed by atoms with E-state index in [4.69, 9.17) is 4.74 Å². The molecule has 0 radical (unpaired) electrons. The fraction of sp³-hybridized carbons (Fsp3) is 0.533. The zero-order chi connectivity index (χ0) is 15.7. The smallest absolute Gasteiger partial charge is 0.310 e. The Morgan fingerprint density at radius 3 is 2.81 bits per heavy atom. The van der Waals surface area contributed by atoms with E-state index in [-0.39, 0.29) is 11.4 Å². The molecule has 1 aromatic carbocycles. The lowest BCUT2D eigenvalue weighted by molar-refractivity contribution is -0.385. The molecular formula is C15H21N3O3. The van der Waals surface area contributed by atoms with Gasteiger partial charge in [0, 0.05) is 6.07 Å². The van der Waals surface area contributed by atoms with Crippen LogP contribution in [0.4, 0.5) is 5.69 Å². The number of nitriles is 1. The summed E-state index contributed by atoms with van der Waals surface area (Å²) in [6.45, 7) is 5.03. The van der Waals surface area contributed by atoms with Crippen molar-refractivity contribution in [1.29, 1.82) is 5.26 Å². The van der Waals surface area contributed by atoms with E-state index < -0.39 is 10.5 Å². The average molecular weight is 291 g/mol. The van der Waals surface area contributed by atoms with Crippen LogP contribution in [0.15, 0.2) is 24.3 Å². The van der Waals surface area contributed by atoms with Crippen LogP contribution in [-0.2, 0) is 0 Å². The van der Waals surface area contributed by atoms with E-state index in [9.17, 15) is 15.4 Å². The molecule has 0 spiro atoms. The van der Waals surface area contributed by atoms with Crippen LogP contribution >= 0.6 is 0 Å². The van der Waals surface area contributed by atoms with Crippen molar-refractivity contribution in [3.8, 4) is 11.8 Å². The van der Waals surface area contributed by atoms with Crippen LogP contribution in [0.3, 0.4) is 0 Å². The fourth-order valence-electron chi connectivity index (χ4n) is 1.92.